The molecule has 0 saturated carbocycles. The van der Waals surface area contributed by atoms with Gasteiger partial charge in [0.2, 0.25) is 0 Å². The fourth-order valence-corrected chi connectivity index (χ4v) is 4.76. The van der Waals surface area contributed by atoms with Crippen LogP contribution in [0.2, 0.25) is 0 Å². The van der Waals surface area contributed by atoms with E-state index in [0.29, 0.717) is 11.4 Å². The number of fused-ring (bicyclic) bond motifs is 1. The molecule has 4 rings (SSSR count). The predicted molar refractivity (Wildman–Crippen MR) is 124 cm³/mol. The minimum absolute atomic E-state index is 0.0588. The number of benzene rings is 1. The monoisotopic (exact) mass is 424 g/mol. The van der Waals surface area contributed by atoms with Crippen molar-refractivity contribution in [2.24, 2.45) is 0 Å². The van der Waals surface area contributed by atoms with Gasteiger partial charge in [0.15, 0.2) is 0 Å². The molecule has 0 unspecified atom stereocenters. The second-order valence-corrected chi connectivity index (χ2v) is 8.97. The molecule has 3 heterocycles. The van der Waals surface area contributed by atoms with Crippen molar-refractivity contribution in [3.05, 3.63) is 46.6 Å². The molecule has 0 bridgehead atoms. The van der Waals surface area contributed by atoms with E-state index in [1.54, 1.807) is 6.33 Å². The van der Waals surface area contributed by atoms with Gasteiger partial charge in [-0.05, 0) is 37.2 Å². The topological polar surface area (TPSA) is 64.6 Å². The molecule has 1 amide bonds. The summed E-state index contributed by atoms with van der Waals surface area (Å²) in [5.41, 5.74) is 3.18. The van der Waals surface area contributed by atoms with Gasteiger partial charge in [-0.15, -0.1) is 11.3 Å². The average Bonchev–Trinajstić information content (AvgIpc) is 3.10. The SMILES string of the molecule is Cc1c(C(=O)NCc2ccc(N(C)C)cc2)sc2ncnc(N3CCN(C)CC3)c12. The van der Waals surface area contributed by atoms with Crippen LogP contribution >= 0.6 is 11.3 Å². The zero-order chi connectivity index (χ0) is 21.3. The molecule has 2 aromatic heterocycles. The van der Waals surface area contributed by atoms with E-state index in [4.69, 9.17) is 0 Å². The second-order valence-electron chi connectivity index (χ2n) is 7.97. The fraction of sp³-hybridized carbons (Fsp3) is 0.409. The summed E-state index contributed by atoms with van der Waals surface area (Å²) in [4.78, 5) is 30.2. The summed E-state index contributed by atoms with van der Waals surface area (Å²) in [5, 5.41) is 4.07. The van der Waals surface area contributed by atoms with Crippen LogP contribution in [0.4, 0.5) is 11.5 Å². The molecule has 0 spiro atoms. The van der Waals surface area contributed by atoms with Gasteiger partial charge >= 0.3 is 0 Å². The second kappa shape index (κ2) is 8.57. The van der Waals surface area contributed by atoms with Crippen LogP contribution in [0.5, 0.6) is 0 Å². The first-order valence-electron chi connectivity index (χ1n) is 10.2. The number of anilines is 2. The van der Waals surface area contributed by atoms with Gasteiger partial charge in [0, 0.05) is 52.5 Å². The highest BCUT2D eigenvalue weighted by Crippen LogP contribution is 2.35. The molecule has 3 aromatic rings. The summed E-state index contributed by atoms with van der Waals surface area (Å²) < 4.78 is 0. The Morgan fingerprint density at radius 1 is 1.13 bits per heavy atom. The number of thiophene rings is 1. The van der Waals surface area contributed by atoms with Crippen LogP contribution in [0.15, 0.2) is 30.6 Å². The maximum atomic E-state index is 12.9. The first kappa shape index (κ1) is 20.6. The van der Waals surface area contributed by atoms with Crippen LogP contribution in [0.3, 0.4) is 0 Å². The lowest BCUT2D eigenvalue weighted by Crippen LogP contribution is -2.44. The highest BCUT2D eigenvalue weighted by Gasteiger charge is 2.23. The summed E-state index contributed by atoms with van der Waals surface area (Å²) in [6.07, 6.45) is 1.61. The number of piperazine rings is 1. The van der Waals surface area contributed by atoms with E-state index in [0.717, 1.165) is 59.0 Å². The Labute approximate surface area is 181 Å². The third-order valence-corrected chi connectivity index (χ3v) is 6.82. The van der Waals surface area contributed by atoms with E-state index < -0.39 is 0 Å². The Hall–Kier alpha value is -2.71. The van der Waals surface area contributed by atoms with Gasteiger partial charge in [-0.1, -0.05) is 12.1 Å². The van der Waals surface area contributed by atoms with Crippen molar-refractivity contribution in [1.29, 1.82) is 0 Å². The molecule has 0 atom stereocenters. The first-order valence-corrected chi connectivity index (χ1v) is 11.0. The maximum absolute atomic E-state index is 12.9. The fourth-order valence-electron chi connectivity index (χ4n) is 3.70. The number of carbonyl (C=O) groups is 1. The summed E-state index contributed by atoms with van der Waals surface area (Å²) in [5.74, 6) is 0.886. The Morgan fingerprint density at radius 2 is 1.83 bits per heavy atom. The van der Waals surface area contributed by atoms with E-state index in [2.05, 4.69) is 49.2 Å². The Kier molecular flexibility index (Phi) is 5.87. The van der Waals surface area contributed by atoms with Gasteiger partial charge in [-0.25, -0.2) is 9.97 Å². The largest absolute Gasteiger partial charge is 0.378 e. The highest BCUT2D eigenvalue weighted by atomic mass is 32.1. The molecular weight excluding hydrogens is 396 g/mol. The van der Waals surface area contributed by atoms with Crippen molar-refractivity contribution in [2.45, 2.75) is 13.5 Å². The van der Waals surface area contributed by atoms with Crippen LogP contribution in [0.1, 0.15) is 20.8 Å². The third kappa shape index (κ3) is 4.11. The molecule has 0 radical (unpaired) electrons. The molecule has 7 nitrogen and oxygen atoms in total. The molecule has 158 valence electrons. The van der Waals surface area contributed by atoms with Crippen molar-refractivity contribution in [3.63, 3.8) is 0 Å². The molecule has 1 aliphatic heterocycles. The smallest absolute Gasteiger partial charge is 0.261 e. The third-order valence-electron chi connectivity index (χ3n) is 5.62. The van der Waals surface area contributed by atoms with Crippen LogP contribution < -0.4 is 15.1 Å². The van der Waals surface area contributed by atoms with Gasteiger partial charge in [-0.2, -0.15) is 0 Å². The number of aryl methyl sites for hydroxylation is 1. The quantitative estimate of drug-likeness (QED) is 0.680. The van der Waals surface area contributed by atoms with E-state index in [1.807, 2.05) is 33.2 Å². The van der Waals surface area contributed by atoms with Crippen LogP contribution in [0, 0.1) is 6.92 Å². The normalized spacial score (nSPS) is 14.9. The summed E-state index contributed by atoms with van der Waals surface area (Å²) in [6.45, 7) is 6.38. The number of hydrogen-bond acceptors (Lipinski definition) is 7. The number of rotatable bonds is 5. The van der Waals surface area contributed by atoms with Crippen molar-refractivity contribution >= 4 is 39.0 Å². The van der Waals surface area contributed by atoms with Gasteiger partial charge in [0.1, 0.15) is 17.0 Å². The molecule has 1 fully saturated rings. The van der Waals surface area contributed by atoms with Crippen molar-refractivity contribution in [3.8, 4) is 0 Å². The summed E-state index contributed by atoms with van der Waals surface area (Å²) in [7, 11) is 6.17. The number of amides is 1. The number of hydrogen-bond donors (Lipinski definition) is 1. The summed E-state index contributed by atoms with van der Waals surface area (Å²) >= 11 is 1.45. The van der Waals surface area contributed by atoms with Crippen LogP contribution in [-0.4, -0.2) is 68.1 Å². The van der Waals surface area contributed by atoms with Gasteiger partial charge in [-0.3, -0.25) is 4.79 Å². The van der Waals surface area contributed by atoms with Crippen LogP contribution in [0.25, 0.3) is 10.2 Å². The van der Waals surface area contributed by atoms with Gasteiger partial charge < -0.3 is 20.0 Å². The average molecular weight is 425 g/mol. The molecule has 30 heavy (non-hydrogen) atoms. The molecule has 8 heteroatoms. The lowest BCUT2D eigenvalue weighted by Gasteiger charge is -2.33. The molecule has 1 saturated heterocycles. The standard InChI is InChI=1S/C22H28N6OS/c1-15-18-20(28-11-9-27(4)10-12-28)24-14-25-22(18)30-19(15)21(29)23-13-16-5-7-17(8-6-16)26(2)3/h5-8,14H,9-13H2,1-4H3,(H,23,29). The highest BCUT2D eigenvalue weighted by molar-refractivity contribution is 7.20. The van der Waals surface area contributed by atoms with Crippen molar-refractivity contribution in [2.75, 3.05) is 57.1 Å². The predicted octanol–water partition coefficient (Wildman–Crippen LogP) is 2.75. The van der Waals surface area contributed by atoms with Gasteiger partial charge in [0.25, 0.3) is 5.91 Å². The van der Waals surface area contributed by atoms with Crippen molar-refractivity contribution in [1.82, 2.24) is 20.2 Å². The van der Waals surface area contributed by atoms with E-state index in [1.165, 1.54) is 11.3 Å². The Balaban J connectivity index is 1.53. The zero-order valence-corrected chi connectivity index (χ0v) is 18.8. The van der Waals surface area contributed by atoms with E-state index in [-0.39, 0.29) is 5.91 Å². The Morgan fingerprint density at radius 3 is 2.50 bits per heavy atom. The number of aromatic nitrogens is 2. The minimum Gasteiger partial charge on any atom is -0.378 e. The number of likely N-dealkylation sites (N-methyl/N-ethyl adjacent to an activating group) is 1. The lowest BCUT2D eigenvalue weighted by atomic mass is 10.1. The number of nitrogens with one attached hydrogen (secondary N) is 1. The van der Waals surface area contributed by atoms with Gasteiger partial charge in [0.05, 0.1) is 10.3 Å². The van der Waals surface area contributed by atoms with Crippen molar-refractivity contribution < 1.29 is 4.79 Å². The molecule has 0 aliphatic carbocycles. The molecular formula is C22H28N6OS. The van der Waals surface area contributed by atoms with E-state index >= 15 is 0 Å². The molecule has 1 aromatic carbocycles. The zero-order valence-electron chi connectivity index (χ0n) is 18.0. The minimum atomic E-state index is -0.0588. The molecule has 1 N–H and O–H groups in total. The molecule has 1 aliphatic rings. The Bertz CT molecular complexity index is 1040. The maximum Gasteiger partial charge on any atom is 0.261 e. The van der Waals surface area contributed by atoms with E-state index in [9.17, 15) is 4.79 Å². The first-order chi connectivity index (χ1) is 14.4. The summed E-state index contributed by atoms with van der Waals surface area (Å²) in [6, 6.07) is 8.21. The van der Waals surface area contributed by atoms with Crippen LogP contribution in [-0.2, 0) is 6.54 Å². The lowest BCUT2D eigenvalue weighted by molar-refractivity contribution is 0.0954. The number of nitrogens with zero attached hydrogens (tertiary/aromatic N) is 5. The number of carbonyl (C=O) groups excluding carboxylic acids is 1.